The summed E-state index contributed by atoms with van der Waals surface area (Å²) in [4.78, 5) is 14.3. The van der Waals surface area contributed by atoms with E-state index in [2.05, 4.69) is 22.5 Å². The lowest BCUT2D eigenvalue weighted by molar-refractivity contribution is 0.0417. The van der Waals surface area contributed by atoms with Crippen LogP contribution < -0.4 is 15.5 Å². The van der Waals surface area contributed by atoms with Crippen molar-refractivity contribution in [1.82, 2.24) is 5.32 Å². The molecule has 0 aliphatic heterocycles. The maximum absolute atomic E-state index is 12.2. The third-order valence-electron chi connectivity index (χ3n) is 4.89. The first-order valence-electron chi connectivity index (χ1n) is 8.68. The van der Waals surface area contributed by atoms with Gasteiger partial charge in [0.05, 0.1) is 6.54 Å². The number of aryl methyl sites for hydroxylation is 1. The summed E-state index contributed by atoms with van der Waals surface area (Å²) >= 11 is 0. The number of fused-ring (bicyclic) bond motifs is 1. The van der Waals surface area contributed by atoms with Gasteiger partial charge in [0, 0.05) is 25.0 Å². The second-order valence-corrected chi connectivity index (χ2v) is 6.56. The minimum Gasteiger partial charge on any atom is -0.383 e. The molecule has 5 nitrogen and oxygen atoms in total. The van der Waals surface area contributed by atoms with Crippen LogP contribution in [0.4, 0.5) is 16.2 Å². The average Bonchev–Trinajstić information content (AvgIpc) is 2.97. The Kier molecular flexibility index (Phi) is 4.95. The third-order valence-corrected chi connectivity index (χ3v) is 4.89. The highest BCUT2D eigenvalue weighted by Gasteiger charge is 2.36. The molecule has 1 unspecified atom stereocenters. The predicted octanol–water partition coefficient (Wildman–Crippen LogP) is 3.10. The molecule has 132 valence electrons. The van der Waals surface area contributed by atoms with E-state index in [9.17, 15) is 9.90 Å². The van der Waals surface area contributed by atoms with Crippen molar-refractivity contribution in [3.8, 4) is 0 Å². The Labute approximate surface area is 148 Å². The van der Waals surface area contributed by atoms with Crippen LogP contribution in [-0.4, -0.2) is 31.3 Å². The predicted molar refractivity (Wildman–Crippen MR) is 101 cm³/mol. The first kappa shape index (κ1) is 17.3. The van der Waals surface area contributed by atoms with E-state index in [0.29, 0.717) is 6.42 Å². The lowest BCUT2D eigenvalue weighted by Gasteiger charge is -2.24. The van der Waals surface area contributed by atoms with Gasteiger partial charge in [-0.1, -0.05) is 30.3 Å². The number of rotatable bonds is 5. The average molecular weight is 339 g/mol. The molecule has 0 saturated carbocycles. The first-order valence-corrected chi connectivity index (χ1v) is 8.68. The van der Waals surface area contributed by atoms with Gasteiger partial charge in [-0.05, 0) is 49.1 Å². The van der Waals surface area contributed by atoms with Gasteiger partial charge in [-0.2, -0.15) is 0 Å². The van der Waals surface area contributed by atoms with Crippen molar-refractivity contribution in [3.63, 3.8) is 0 Å². The van der Waals surface area contributed by atoms with Crippen molar-refractivity contribution in [2.45, 2.75) is 25.4 Å². The second kappa shape index (κ2) is 7.15. The van der Waals surface area contributed by atoms with Crippen LogP contribution in [0.25, 0.3) is 0 Å². The maximum Gasteiger partial charge on any atom is 0.319 e. The van der Waals surface area contributed by atoms with Crippen LogP contribution in [0, 0.1) is 0 Å². The fourth-order valence-electron chi connectivity index (χ4n) is 3.26. The quantitative estimate of drug-likeness (QED) is 0.784. The molecule has 0 radical (unpaired) electrons. The van der Waals surface area contributed by atoms with Crippen molar-refractivity contribution >= 4 is 17.4 Å². The van der Waals surface area contributed by atoms with Gasteiger partial charge in [-0.15, -0.1) is 0 Å². The number of amides is 2. The minimum atomic E-state index is -0.988. The molecule has 3 rings (SSSR count). The molecule has 0 fully saturated rings. The molecule has 2 aromatic rings. The summed E-state index contributed by atoms with van der Waals surface area (Å²) in [5, 5.41) is 16.5. The number of hydrogen-bond acceptors (Lipinski definition) is 3. The molecule has 5 heteroatoms. The van der Waals surface area contributed by atoms with E-state index in [1.165, 1.54) is 0 Å². The molecule has 25 heavy (non-hydrogen) atoms. The highest BCUT2D eigenvalue weighted by atomic mass is 16.3. The van der Waals surface area contributed by atoms with Crippen LogP contribution in [0.1, 0.15) is 24.5 Å². The monoisotopic (exact) mass is 339 g/mol. The van der Waals surface area contributed by atoms with Crippen molar-refractivity contribution in [1.29, 1.82) is 0 Å². The van der Waals surface area contributed by atoms with Gasteiger partial charge in [0.15, 0.2) is 0 Å². The Bertz CT molecular complexity index is 762. The molecule has 0 bridgehead atoms. The molecule has 0 spiro atoms. The summed E-state index contributed by atoms with van der Waals surface area (Å²) < 4.78 is 0. The summed E-state index contributed by atoms with van der Waals surface area (Å²) in [5.41, 5.74) is 2.86. The molecule has 1 aliphatic rings. The van der Waals surface area contributed by atoms with Gasteiger partial charge in [0.25, 0.3) is 0 Å². The number of anilines is 2. The van der Waals surface area contributed by atoms with Gasteiger partial charge < -0.3 is 20.6 Å². The molecule has 0 aromatic heterocycles. The summed E-state index contributed by atoms with van der Waals surface area (Å²) in [6, 6.07) is 15.3. The standard InChI is InChI=1S/C20H25N3O2/c1-3-23(2)17-9-6-8-16(13-17)22-19(24)21-14-20(25)12-11-15-7-4-5-10-18(15)20/h4-10,13,25H,3,11-12,14H2,1-2H3,(H2,21,22,24). The van der Waals surface area contributed by atoms with Crippen molar-refractivity contribution in [2.24, 2.45) is 0 Å². The summed E-state index contributed by atoms with van der Waals surface area (Å²) in [6.07, 6.45) is 1.46. The molecule has 1 atom stereocenters. The number of carbonyl (C=O) groups is 1. The van der Waals surface area contributed by atoms with Crippen LogP contribution in [0.5, 0.6) is 0 Å². The highest BCUT2D eigenvalue weighted by molar-refractivity contribution is 5.89. The Hall–Kier alpha value is -2.53. The molecular formula is C20H25N3O2. The normalized spacial score (nSPS) is 18.5. The van der Waals surface area contributed by atoms with E-state index < -0.39 is 5.60 Å². The molecular weight excluding hydrogens is 314 g/mol. The molecule has 0 heterocycles. The fourth-order valence-corrected chi connectivity index (χ4v) is 3.26. The van der Waals surface area contributed by atoms with Gasteiger partial charge in [-0.25, -0.2) is 4.79 Å². The number of aliphatic hydroxyl groups is 1. The van der Waals surface area contributed by atoms with E-state index in [4.69, 9.17) is 0 Å². The Morgan fingerprint density at radius 3 is 2.84 bits per heavy atom. The van der Waals surface area contributed by atoms with Crippen molar-refractivity contribution in [3.05, 3.63) is 59.7 Å². The van der Waals surface area contributed by atoms with E-state index in [-0.39, 0.29) is 12.6 Å². The summed E-state index contributed by atoms with van der Waals surface area (Å²) in [5.74, 6) is 0. The zero-order valence-corrected chi connectivity index (χ0v) is 14.7. The summed E-state index contributed by atoms with van der Waals surface area (Å²) in [6.45, 7) is 3.17. The van der Waals surface area contributed by atoms with Gasteiger partial charge in [-0.3, -0.25) is 0 Å². The number of carbonyl (C=O) groups excluding carboxylic acids is 1. The van der Waals surface area contributed by atoms with Gasteiger partial charge in [0.2, 0.25) is 0 Å². The fraction of sp³-hybridized carbons (Fsp3) is 0.350. The zero-order valence-electron chi connectivity index (χ0n) is 14.7. The van der Waals surface area contributed by atoms with Crippen molar-refractivity contribution in [2.75, 3.05) is 30.4 Å². The SMILES string of the molecule is CCN(C)c1cccc(NC(=O)NCC2(O)CCc3ccccc32)c1. The van der Waals surface area contributed by atoms with Crippen LogP contribution in [0.3, 0.4) is 0 Å². The lowest BCUT2D eigenvalue weighted by Crippen LogP contribution is -2.41. The maximum atomic E-state index is 12.2. The smallest absolute Gasteiger partial charge is 0.319 e. The Morgan fingerprint density at radius 2 is 2.04 bits per heavy atom. The van der Waals surface area contributed by atoms with Crippen LogP contribution in [0.2, 0.25) is 0 Å². The Morgan fingerprint density at radius 1 is 1.24 bits per heavy atom. The molecule has 2 aromatic carbocycles. The van der Waals surface area contributed by atoms with Gasteiger partial charge >= 0.3 is 6.03 Å². The van der Waals surface area contributed by atoms with Gasteiger partial charge in [0.1, 0.15) is 5.60 Å². The van der Waals surface area contributed by atoms with Crippen molar-refractivity contribution < 1.29 is 9.90 Å². The zero-order chi connectivity index (χ0) is 17.9. The number of benzene rings is 2. The number of hydrogen-bond donors (Lipinski definition) is 3. The summed E-state index contributed by atoms with van der Waals surface area (Å²) in [7, 11) is 2.01. The number of nitrogens with one attached hydrogen (secondary N) is 2. The number of nitrogens with zero attached hydrogens (tertiary/aromatic N) is 1. The lowest BCUT2D eigenvalue weighted by atomic mass is 9.96. The first-order chi connectivity index (χ1) is 12.0. The highest BCUT2D eigenvalue weighted by Crippen LogP contribution is 2.36. The van der Waals surface area contributed by atoms with Crippen LogP contribution >= 0.6 is 0 Å². The van der Waals surface area contributed by atoms with E-state index in [0.717, 1.165) is 35.5 Å². The largest absolute Gasteiger partial charge is 0.383 e. The van der Waals surface area contributed by atoms with Crippen LogP contribution in [0.15, 0.2) is 48.5 Å². The minimum absolute atomic E-state index is 0.199. The molecule has 1 aliphatic carbocycles. The Balaban J connectivity index is 1.61. The third kappa shape index (κ3) is 3.77. The number of urea groups is 1. The van der Waals surface area contributed by atoms with E-state index in [1.807, 2.05) is 55.6 Å². The molecule has 2 amide bonds. The van der Waals surface area contributed by atoms with Crippen LogP contribution in [-0.2, 0) is 12.0 Å². The topological polar surface area (TPSA) is 64.6 Å². The van der Waals surface area contributed by atoms with E-state index >= 15 is 0 Å². The molecule has 3 N–H and O–H groups in total. The second-order valence-electron chi connectivity index (χ2n) is 6.56. The van der Waals surface area contributed by atoms with E-state index in [1.54, 1.807) is 0 Å². The molecule has 0 saturated heterocycles.